The number of aliphatic hydroxyl groups is 1. The smallest absolute Gasteiger partial charge is 0.387 e. The van der Waals surface area contributed by atoms with Gasteiger partial charge in [0.1, 0.15) is 0 Å². The molecule has 8 nitrogen and oxygen atoms in total. The lowest BCUT2D eigenvalue weighted by Gasteiger charge is -2.23. The molecule has 0 saturated carbocycles. The number of phosphoric acid groups is 1. The second-order valence-electron chi connectivity index (χ2n) is 16.3. The highest BCUT2D eigenvalue weighted by molar-refractivity contribution is 7.47. The first-order valence-electron chi connectivity index (χ1n) is 24.4. The number of phosphoric ester groups is 1. The van der Waals surface area contributed by atoms with Gasteiger partial charge in [0.05, 0.1) is 25.4 Å². The molecule has 0 heterocycles. The van der Waals surface area contributed by atoms with Crippen LogP contribution in [-0.4, -0.2) is 47.8 Å². The van der Waals surface area contributed by atoms with E-state index in [0.29, 0.717) is 6.42 Å². The third kappa shape index (κ3) is 44.1. The van der Waals surface area contributed by atoms with Crippen LogP contribution in [0.1, 0.15) is 219 Å². The molecule has 3 unspecified atom stereocenters. The van der Waals surface area contributed by atoms with Crippen LogP contribution in [0.2, 0.25) is 0 Å². The number of amides is 1. The van der Waals surface area contributed by atoms with E-state index in [1.54, 1.807) is 6.08 Å². The number of hydrogen-bond donors (Lipinski definition) is 4. The third-order valence-corrected chi connectivity index (χ3v) is 11.6. The summed E-state index contributed by atoms with van der Waals surface area (Å²) >= 11 is 0. The Morgan fingerprint density at radius 2 is 0.983 bits per heavy atom. The second-order valence-corrected chi connectivity index (χ2v) is 17.7. The molecule has 9 heteroatoms. The second kappa shape index (κ2) is 45.7. The van der Waals surface area contributed by atoms with Gasteiger partial charge >= 0.3 is 7.82 Å². The van der Waals surface area contributed by atoms with Gasteiger partial charge < -0.3 is 21.1 Å². The first-order valence-corrected chi connectivity index (χ1v) is 25.9. The van der Waals surface area contributed by atoms with Crippen molar-refractivity contribution in [2.45, 2.75) is 231 Å². The Morgan fingerprint density at radius 1 is 0.576 bits per heavy atom. The highest BCUT2D eigenvalue weighted by atomic mass is 31.2. The van der Waals surface area contributed by atoms with Gasteiger partial charge in [-0.2, -0.15) is 0 Å². The number of aliphatic hydroxyl groups excluding tert-OH is 1. The average molecular weight is 849 g/mol. The van der Waals surface area contributed by atoms with Crippen LogP contribution < -0.4 is 11.1 Å². The standard InChI is InChI=1S/C50H93N2O6P/c1-3-5-7-9-11-13-15-17-19-21-22-23-24-25-26-28-30-32-34-36-38-40-42-44-50(54)52-48(47-58-59(55,56)57-46-45-51)49(53)43-41-39-37-35-33-31-29-27-20-18-16-14-12-10-8-6-4-2/h5,7,11,13,17,19,22-23,41,43,48-49,53H,3-4,6,8-10,12,14-16,18,20-21,24-40,42,44-47,51H2,1-2H3,(H,52,54)(H,55,56)/b7-5-,13-11-,19-17-,23-22-,43-41+. The molecule has 0 radical (unpaired) electrons. The third-order valence-electron chi connectivity index (χ3n) is 10.6. The maximum absolute atomic E-state index is 12.8. The van der Waals surface area contributed by atoms with Crippen molar-refractivity contribution in [3.8, 4) is 0 Å². The zero-order valence-electron chi connectivity index (χ0n) is 38.2. The highest BCUT2D eigenvalue weighted by Crippen LogP contribution is 2.43. The van der Waals surface area contributed by atoms with Crippen molar-refractivity contribution in [1.82, 2.24) is 5.32 Å². The predicted molar refractivity (Wildman–Crippen MR) is 254 cm³/mol. The summed E-state index contributed by atoms with van der Waals surface area (Å²) in [5, 5.41) is 13.7. The first-order chi connectivity index (χ1) is 28.9. The number of rotatable bonds is 45. The Balaban J connectivity index is 4.13. The van der Waals surface area contributed by atoms with Crippen LogP contribution in [0.15, 0.2) is 60.8 Å². The van der Waals surface area contributed by atoms with E-state index in [9.17, 15) is 19.4 Å². The van der Waals surface area contributed by atoms with Gasteiger partial charge in [-0.15, -0.1) is 0 Å². The van der Waals surface area contributed by atoms with Crippen LogP contribution in [-0.2, 0) is 18.4 Å². The Hall–Kier alpha value is -1.80. The average Bonchev–Trinajstić information content (AvgIpc) is 3.22. The van der Waals surface area contributed by atoms with E-state index >= 15 is 0 Å². The lowest BCUT2D eigenvalue weighted by atomic mass is 10.0. The van der Waals surface area contributed by atoms with Crippen LogP contribution in [0, 0.1) is 0 Å². The van der Waals surface area contributed by atoms with Crippen molar-refractivity contribution >= 4 is 13.7 Å². The lowest BCUT2D eigenvalue weighted by molar-refractivity contribution is -0.123. The Kier molecular flexibility index (Phi) is 44.3. The fourth-order valence-corrected chi connectivity index (χ4v) is 7.71. The quantitative estimate of drug-likeness (QED) is 0.0273. The van der Waals surface area contributed by atoms with Crippen LogP contribution in [0.3, 0.4) is 0 Å². The monoisotopic (exact) mass is 849 g/mol. The number of nitrogens with two attached hydrogens (primary N) is 1. The molecule has 0 aromatic rings. The SMILES string of the molecule is CC/C=C\C/C=C\C/C=C\C/C=C\CCCCCCCCCCCCC(=O)NC(COP(=O)(O)OCCN)C(O)/C=C/CCCCCCCCCCCCCCCCC. The zero-order valence-corrected chi connectivity index (χ0v) is 39.1. The van der Waals surface area contributed by atoms with Gasteiger partial charge in [-0.3, -0.25) is 13.8 Å². The molecule has 0 rings (SSSR count). The molecule has 5 N–H and O–H groups in total. The molecule has 344 valence electrons. The normalized spacial score (nSPS) is 14.5. The minimum Gasteiger partial charge on any atom is -0.387 e. The Labute approximate surface area is 364 Å². The summed E-state index contributed by atoms with van der Waals surface area (Å²) in [6.07, 6.45) is 58.4. The van der Waals surface area contributed by atoms with Crippen LogP contribution >= 0.6 is 7.82 Å². The van der Waals surface area contributed by atoms with Gasteiger partial charge in [-0.05, 0) is 57.8 Å². The van der Waals surface area contributed by atoms with Crippen LogP contribution in [0.25, 0.3) is 0 Å². The van der Waals surface area contributed by atoms with E-state index in [-0.39, 0.29) is 25.7 Å². The summed E-state index contributed by atoms with van der Waals surface area (Å²) < 4.78 is 22.2. The summed E-state index contributed by atoms with van der Waals surface area (Å²) in [5.41, 5.74) is 5.39. The van der Waals surface area contributed by atoms with Crippen molar-refractivity contribution in [3.05, 3.63) is 60.8 Å². The van der Waals surface area contributed by atoms with Crippen molar-refractivity contribution in [2.75, 3.05) is 19.8 Å². The van der Waals surface area contributed by atoms with E-state index in [4.69, 9.17) is 14.8 Å². The summed E-state index contributed by atoms with van der Waals surface area (Å²) in [4.78, 5) is 22.8. The number of carbonyl (C=O) groups excluding carboxylic acids is 1. The Morgan fingerprint density at radius 3 is 1.44 bits per heavy atom. The number of carbonyl (C=O) groups is 1. The number of allylic oxidation sites excluding steroid dienone is 9. The molecular weight excluding hydrogens is 756 g/mol. The maximum atomic E-state index is 12.8. The summed E-state index contributed by atoms with van der Waals surface area (Å²) in [6.45, 7) is 4.03. The molecule has 0 aromatic carbocycles. The molecule has 0 fully saturated rings. The fraction of sp³-hybridized carbons (Fsp3) is 0.780. The minimum atomic E-state index is -4.35. The van der Waals surface area contributed by atoms with Crippen molar-refractivity contribution < 1.29 is 28.4 Å². The van der Waals surface area contributed by atoms with Gasteiger partial charge in [0.25, 0.3) is 0 Å². The van der Waals surface area contributed by atoms with Crippen LogP contribution in [0.5, 0.6) is 0 Å². The molecule has 0 saturated heterocycles. The molecule has 0 bridgehead atoms. The number of unbranched alkanes of at least 4 members (excludes halogenated alkanes) is 25. The van der Waals surface area contributed by atoms with E-state index in [1.165, 1.54) is 135 Å². The topological polar surface area (TPSA) is 131 Å². The van der Waals surface area contributed by atoms with Gasteiger partial charge in [0.2, 0.25) is 5.91 Å². The molecule has 0 aliphatic heterocycles. The zero-order chi connectivity index (χ0) is 43.2. The molecule has 0 aliphatic carbocycles. The van der Waals surface area contributed by atoms with Crippen molar-refractivity contribution in [1.29, 1.82) is 0 Å². The molecule has 1 amide bonds. The van der Waals surface area contributed by atoms with E-state index in [1.807, 2.05) is 6.08 Å². The molecule has 59 heavy (non-hydrogen) atoms. The number of hydrogen-bond acceptors (Lipinski definition) is 6. The largest absolute Gasteiger partial charge is 0.472 e. The van der Waals surface area contributed by atoms with Crippen molar-refractivity contribution in [2.24, 2.45) is 5.73 Å². The lowest BCUT2D eigenvalue weighted by Crippen LogP contribution is -2.45. The predicted octanol–water partition coefficient (Wildman–Crippen LogP) is 14.2. The van der Waals surface area contributed by atoms with Crippen LogP contribution in [0.4, 0.5) is 0 Å². The molecule has 0 spiro atoms. The number of nitrogens with one attached hydrogen (secondary N) is 1. The van der Waals surface area contributed by atoms with Gasteiger partial charge in [0.15, 0.2) is 0 Å². The van der Waals surface area contributed by atoms with Gasteiger partial charge in [-0.1, -0.05) is 216 Å². The molecule has 0 aromatic heterocycles. The van der Waals surface area contributed by atoms with Gasteiger partial charge in [0, 0.05) is 13.0 Å². The van der Waals surface area contributed by atoms with E-state index in [0.717, 1.165) is 64.2 Å². The maximum Gasteiger partial charge on any atom is 0.472 e. The van der Waals surface area contributed by atoms with E-state index in [2.05, 4.69) is 67.8 Å². The minimum absolute atomic E-state index is 0.0759. The molecule has 0 aliphatic rings. The van der Waals surface area contributed by atoms with Crippen molar-refractivity contribution in [3.63, 3.8) is 0 Å². The fourth-order valence-electron chi connectivity index (χ4n) is 6.95. The summed E-state index contributed by atoms with van der Waals surface area (Å²) in [6, 6.07) is -0.865. The Bertz CT molecular complexity index is 1110. The molecular formula is C50H93N2O6P. The molecule has 3 atom stereocenters. The first kappa shape index (κ1) is 57.2. The van der Waals surface area contributed by atoms with Gasteiger partial charge in [-0.25, -0.2) is 4.57 Å². The van der Waals surface area contributed by atoms with E-state index < -0.39 is 20.0 Å². The highest BCUT2D eigenvalue weighted by Gasteiger charge is 2.26. The summed E-state index contributed by atoms with van der Waals surface area (Å²) in [5.74, 6) is -0.200. The summed E-state index contributed by atoms with van der Waals surface area (Å²) in [7, 11) is -4.35.